The van der Waals surface area contributed by atoms with Gasteiger partial charge < -0.3 is 15.0 Å². The van der Waals surface area contributed by atoms with Crippen LogP contribution in [0.1, 0.15) is 34.7 Å². The van der Waals surface area contributed by atoms with Crippen LogP contribution in [0.25, 0.3) is 10.9 Å². The predicted molar refractivity (Wildman–Crippen MR) is 148 cm³/mol. The molecule has 6 heteroatoms. The number of aromatic amines is 1. The zero-order chi connectivity index (χ0) is 25.5. The molecule has 0 saturated carbocycles. The Bertz CT molecular complexity index is 1470. The van der Waals surface area contributed by atoms with Crippen LogP contribution in [0.3, 0.4) is 0 Å². The fourth-order valence-electron chi connectivity index (χ4n) is 4.51. The summed E-state index contributed by atoms with van der Waals surface area (Å²) in [5.41, 5.74) is 5.07. The van der Waals surface area contributed by atoms with Gasteiger partial charge in [0.2, 0.25) is 5.91 Å². The molecular formula is C31H28ClN3O2. The third kappa shape index (κ3) is 6.38. The lowest BCUT2D eigenvalue weighted by molar-refractivity contribution is -0.121. The number of ether oxygens (including phenoxy) is 1. The van der Waals surface area contributed by atoms with Gasteiger partial charge in [-0.25, -0.2) is 0 Å². The van der Waals surface area contributed by atoms with Crippen LogP contribution in [0.2, 0.25) is 5.02 Å². The molecule has 186 valence electrons. The minimum absolute atomic E-state index is 0.0204. The number of nitrogens with zero attached hydrogens (tertiary/aromatic N) is 1. The first-order valence-electron chi connectivity index (χ1n) is 12.4. The Hall–Kier alpha value is -4.09. The molecule has 37 heavy (non-hydrogen) atoms. The highest BCUT2D eigenvalue weighted by Gasteiger charge is 2.22. The number of hydrogen-bond donors (Lipinski definition) is 2. The predicted octanol–water partition coefficient (Wildman–Crippen LogP) is 6.68. The fraction of sp³-hybridized carbons (Fsp3) is 0.161. The molecule has 2 aromatic heterocycles. The van der Waals surface area contributed by atoms with E-state index in [0.717, 1.165) is 39.0 Å². The van der Waals surface area contributed by atoms with Gasteiger partial charge in [-0.3, -0.25) is 9.78 Å². The van der Waals surface area contributed by atoms with Crippen molar-refractivity contribution in [3.05, 3.63) is 131 Å². The van der Waals surface area contributed by atoms with Crippen molar-refractivity contribution < 1.29 is 9.53 Å². The van der Waals surface area contributed by atoms with Crippen LogP contribution < -0.4 is 10.1 Å². The van der Waals surface area contributed by atoms with Crippen molar-refractivity contribution in [2.24, 2.45) is 0 Å². The fourth-order valence-corrected chi connectivity index (χ4v) is 4.68. The van der Waals surface area contributed by atoms with Crippen LogP contribution in [0, 0.1) is 0 Å². The Balaban J connectivity index is 1.37. The normalized spacial score (nSPS) is 11.8. The first-order chi connectivity index (χ1) is 18.2. The number of rotatable bonds is 10. The number of fused-ring (bicyclic) bond motifs is 1. The molecule has 0 radical (unpaired) electrons. The highest BCUT2D eigenvalue weighted by atomic mass is 35.5. The van der Waals surface area contributed by atoms with E-state index < -0.39 is 0 Å². The summed E-state index contributed by atoms with van der Waals surface area (Å²) in [4.78, 5) is 20.8. The number of amides is 1. The van der Waals surface area contributed by atoms with Gasteiger partial charge in [0.25, 0.3) is 0 Å². The van der Waals surface area contributed by atoms with Gasteiger partial charge in [-0.05, 0) is 59.2 Å². The lowest BCUT2D eigenvalue weighted by Crippen LogP contribution is -2.27. The molecule has 2 heterocycles. The number of H-pyrrole nitrogens is 1. The Labute approximate surface area is 221 Å². The zero-order valence-electron chi connectivity index (χ0n) is 20.4. The number of hydrogen-bond acceptors (Lipinski definition) is 3. The molecule has 0 fully saturated rings. The molecule has 0 spiro atoms. The topological polar surface area (TPSA) is 67.0 Å². The number of aromatic nitrogens is 2. The highest BCUT2D eigenvalue weighted by Crippen LogP contribution is 2.36. The first kappa shape index (κ1) is 24.6. The summed E-state index contributed by atoms with van der Waals surface area (Å²) in [6.45, 7) is 1.01. The second-order valence-electron chi connectivity index (χ2n) is 8.96. The van der Waals surface area contributed by atoms with Crippen molar-refractivity contribution in [2.45, 2.75) is 25.4 Å². The monoisotopic (exact) mass is 509 g/mol. The van der Waals surface area contributed by atoms with Crippen LogP contribution in [0.4, 0.5) is 0 Å². The summed E-state index contributed by atoms with van der Waals surface area (Å²) < 4.78 is 6.09. The molecule has 0 aliphatic rings. The number of carbonyl (C=O) groups excluding carboxylic acids is 1. The third-order valence-electron chi connectivity index (χ3n) is 6.38. The van der Waals surface area contributed by atoms with Gasteiger partial charge in [0, 0.05) is 59.3 Å². The quantitative estimate of drug-likeness (QED) is 0.221. The molecule has 0 saturated heterocycles. The van der Waals surface area contributed by atoms with Gasteiger partial charge in [-0.15, -0.1) is 0 Å². The van der Waals surface area contributed by atoms with E-state index in [-0.39, 0.29) is 11.8 Å². The number of halogens is 1. The Morgan fingerprint density at radius 1 is 0.973 bits per heavy atom. The molecule has 0 aliphatic carbocycles. The Kier molecular flexibility index (Phi) is 7.82. The summed E-state index contributed by atoms with van der Waals surface area (Å²) in [6.07, 6.45) is 4.72. The van der Waals surface area contributed by atoms with E-state index in [1.54, 1.807) is 6.20 Å². The average molecular weight is 510 g/mol. The molecule has 5 aromatic rings. The average Bonchev–Trinajstić information content (AvgIpc) is 3.34. The van der Waals surface area contributed by atoms with E-state index in [0.29, 0.717) is 31.0 Å². The van der Waals surface area contributed by atoms with Crippen LogP contribution in [0.5, 0.6) is 5.75 Å². The molecule has 1 atom stereocenters. The van der Waals surface area contributed by atoms with Crippen molar-refractivity contribution in [3.8, 4) is 5.75 Å². The van der Waals surface area contributed by atoms with Crippen LogP contribution >= 0.6 is 11.6 Å². The number of pyridine rings is 1. The lowest BCUT2D eigenvalue weighted by Gasteiger charge is -2.18. The molecule has 5 nitrogen and oxygen atoms in total. The van der Waals surface area contributed by atoms with Crippen LogP contribution in [0.15, 0.2) is 103 Å². The smallest absolute Gasteiger partial charge is 0.220 e. The van der Waals surface area contributed by atoms with Gasteiger partial charge in [0.05, 0.1) is 0 Å². The maximum absolute atomic E-state index is 13.1. The molecule has 5 rings (SSSR count). The zero-order valence-corrected chi connectivity index (χ0v) is 21.1. The summed E-state index contributed by atoms with van der Waals surface area (Å²) >= 11 is 6.34. The lowest BCUT2D eigenvalue weighted by atomic mass is 9.88. The molecule has 1 amide bonds. The molecule has 3 aromatic carbocycles. The van der Waals surface area contributed by atoms with Gasteiger partial charge in [0.1, 0.15) is 12.4 Å². The van der Waals surface area contributed by atoms with E-state index in [2.05, 4.69) is 15.3 Å². The van der Waals surface area contributed by atoms with Crippen molar-refractivity contribution in [1.29, 1.82) is 0 Å². The number of nitrogens with one attached hydrogen (secondary N) is 2. The van der Waals surface area contributed by atoms with Gasteiger partial charge in [0.15, 0.2) is 0 Å². The van der Waals surface area contributed by atoms with Gasteiger partial charge >= 0.3 is 0 Å². The van der Waals surface area contributed by atoms with E-state index >= 15 is 0 Å². The second-order valence-corrected chi connectivity index (χ2v) is 9.39. The third-order valence-corrected chi connectivity index (χ3v) is 6.61. The number of carbonyl (C=O) groups is 1. The summed E-state index contributed by atoms with van der Waals surface area (Å²) in [5.74, 6) is 0.565. The number of benzene rings is 3. The summed E-state index contributed by atoms with van der Waals surface area (Å²) in [7, 11) is 0. The SMILES string of the molecule is O=C(C[C@@H](c1cccc(OCc2ccccc2)c1)c1c[nH]c2ccc(Cl)cc12)NCCc1ccccn1. The Morgan fingerprint density at radius 3 is 2.68 bits per heavy atom. The van der Waals surface area contributed by atoms with Crippen LogP contribution in [-0.2, 0) is 17.8 Å². The van der Waals surface area contributed by atoms with Crippen molar-refractivity contribution in [3.63, 3.8) is 0 Å². The first-order valence-corrected chi connectivity index (χ1v) is 12.7. The van der Waals surface area contributed by atoms with E-state index in [9.17, 15) is 4.79 Å². The minimum Gasteiger partial charge on any atom is -0.489 e. The Morgan fingerprint density at radius 2 is 1.84 bits per heavy atom. The largest absolute Gasteiger partial charge is 0.489 e. The molecule has 0 unspecified atom stereocenters. The van der Waals surface area contributed by atoms with Gasteiger partial charge in [-0.1, -0.05) is 60.1 Å². The highest BCUT2D eigenvalue weighted by molar-refractivity contribution is 6.31. The molecule has 0 bridgehead atoms. The summed E-state index contributed by atoms with van der Waals surface area (Å²) in [6, 6.07) is 29.6. The van der Waals surface area contributed by atoms with Crippen molar-refractivity contribution in [1.82, 2.24) is 15.3 Å². The maximum atomic E-state index is 13.1. The van der Waals surface area contributed by atoms with Gasteiger partial charge in [-0.2, -0.15) is 0 Å². The molecule has 0 aliphatic heterocycles. The standard InChI is InChI=1S/C31H28ClN3O2/c32-24-12-13-30-28(18-24)29(20-35-30)27(19-31(36)34-16-14-25-10-4-5-15-33-25)23-9-6-11-26(17-23)37-21-22-7-2-1-3-8-22/h1-13,15,17-18,20,27,35H,14,16,19,21H2,(H,34,36)/t27-/m0/s1. The van der Waals surface area contributed by atoms with Crippen molar-refractivity contribution >= 4 is 28.4 Å². The van der Waals surface area contributed by atoms with E-state index in [4.69, 9.17) is 16.3 Å². The second kappa shape index (κ2) is 11.8. The molecule has 2 N–H and O–H groups in total. The van der Waals surface area contributed by atoms with E-state index in [1.807, 2.05) is 97.2 Å². The molecular weight excluding hydrogens is 482 g/mol. The summed E-state index contributed by atoms with van der Waals surface area (Å²) in [5, 5.41) is 4.74. The maximum Gasteiger partial charge on any atom is 0.220 e. The van der Waals surface area contributed by atoms with Crippen molar-refractivity contribution in [2.75, 3.05) is 6.54 Å². The van der Waals surface area contributed by atoms with E-state index in [1.165, 1.54) is 0 Å². The minimum atomic E-state index is -0.178. The van der Waals surface area contributed by atoms with Crippen LogP contribution in [-0.4, -0.2) is 22.4 Å².